The largest absolute Gasteiger partial charge is 0.381 e. The number of aromatic nitrogens is 1. The molecule has 0 atom stereocenters. The van der Waals surface area contributed by atoms with Gasteiger partial charge in [-0.15, -0.1) is 0 Å². The lowest BCUT2D eigenvalue weighted by molar-refractivity contribution is 0.865. The molecule has 0 saturated heterocycles. The summed E-state index contributed by atoms with van der Waals surface area (Å²) in [7, 11) is 0. The zero-order chi connectivity index (χ0) is 13.9. The van der Waals surface area contributed by atoms with E-state index in [0.29, 0.717) is 5.92 Å². The molecule has 0 saturated carbocycles. The minimum absolute atomic E-state index is 0.591. The molecule has 0 fully saturated rings. The maximum absolute atomic E-state index is 3.48. The molecule has 0 radical (unpaired) electrons. The van der Waals surface area contributed by atoms with Gasteiger partial charge in [-0.3, -0.25) is 0 Å². The van der Waals surface area contributed by atoms with E-state index in [-0.39, 0.29) is 0 Å². The normalized spacial score (nSPS) is 11.2. The Morgan fingerprint density at radius 2 is 1.80 bits per heavy atom. The molecule has 2 nitrogen and oxygen atoms in total. The van der Waals surface area contributed by atoms with Crippen LogP contribution in [-0.4, -0.2) is 4.98 Å². The highest BCUT2D eigenvalue weighted by atomic mass is 14.9. The first-order valence-corrected chi connectivity index (χ1v) is 7.12. The average molecular weight is 264 g/mol. The molecule has 0 amide bonds. The lowest BCUT2D eigenvalue weighted by atomic mass is 10.0. The number of rotatable bonds is 4. The molecule has 2 aromatic carbocycles. The smallest absolute Gasteiger partial charge is 0.0455 e. The third kappa shape index (κ3) is 2.69. The average Bonchev–Trinajstić information content (AvgIpc) is 2.93. The van der Waals surface area contributed by atoms with Crippen LogP contribution < -0.4 is 5.32 Å². The van der Waals surface area contributed by atoms with E-state index in [2.05, 4.69) is 72.7 Å². The molecule has 20 heavy (non-hydrogen) atoms. The second-order valence-electron chi connectivity index (χ2n) is 5.53. The standard InChI is InChI=1S/C18H20N2/c1-13(2)15-5-3-14(4-6-15)12-20-17-7-8-18-16(11-17)9-10-19-18/h3-11,13,19-20H,12H2,1-2H3. The predicted molar refractivity (Wildman–Crippen MR) is 86.2 cm³/mol. The molecule has 3 rings (SSSR count). The van der Waals surface area contributed by atoms with Crippen molar-refractivity contribution in [2.45, 2.75) is 26.3 Å². The van der Waals surface area contributed by atoms with Gasteiger partial charge in [0.05, 0.1) is 0 Å². The van der Waals surface area contributed by atoms with E-state index in [1.54, 1.807) is 0 Å². The van der Waals surface area contributed by atoms with E-state index in [1.165, 1.54) is 22.0 Å². The lowest BCUT2D eigenvalue weighted by Crippen LogP contribution is -1.99. The van der Waals surface area contributed by atoms with Crippen LogP contribution in [0.2, 0.25) is 0 Å². The van der Waals surface area contributed by atoms with Crippen LogP contribution in [0.15, 0.2) is 54.7 Å². The Morgan fingerprint density at radius 3 is 2.55 bits per heavy atom. The van der Waals surface area contributed by atoms with Crippen LogP contribution in [0.1, 0.15) is 30.9 Å². The van der Waals surface area contributed by atoms with Gasteiger partial charge in [0.25, 0.3) is 0 Å². The first-order valence-electron chi connectivity index (χ1n) is 7.12. The molecule has 3 aromatic rings. The highest BCUT2D eigenvalue weighted by Crippen LogP contribution is 2.19. The van der Waals surface area contributed by atoms with Crippen LogP contribution in [0.4, 0.5) is 5.69 Å². The van der Waals surface area contributed by atoms with Crippen LogP contribution in [0.5, 0.6) is 0 Å². The van der Waals surface area contributed by atoms with Crippen molar-refractivity contribution < 1.29 is 0 Å². The van der Waals surface area contributed by atoms with Gasteiger partial charge in [0.15, 0.2) is 0 Å². The van der Waals surface area contributed by atoms with Gasteiger partial charge in [0.1, 0.15) is 0 Å². The number of fused-ring (bicyclic) bond motifs is 1. The molecule has 2 heteroatoms. The zero-order valence-electron chi connectivity index (χ0n) is 12.0. The first-order chi connectivity index (χ1) is 9.72. The predicted octanol–water partition coefficient (Wildman–Crippen LogP) is 4.90. The Hall–Kier alpha value is -2.22. The van der Waals surface area contributed by atoms with Crippen LogP contribution in [0, 0.1) is 0 Å². The van der Waals surface area contributed by atoms with Crippen molar-refractivity contribution >= 4 is 16.6 Å². The highest BCUT2D eigenvalue weighted by molar-refractivity contribution is 5.82. The molecule has 0 bridgehead atoms. The maximum atomic E-state index is 3.48. The Bertz CT molecular complexity index is 693. The molecular weight excluding hydrogens is 244 g/mol. The molecule has 0 unspecified atom stereocenters. The number of benzene rings is 2. The van der Waals surface area contributed by atoms with Crippen molar-refractivity contribution in [3.05, 3.63) is 65.9 Å². The molecule has 0 aliphatic rings. The van der Waals surface area contributed by atoms with E-state index in [1.807, 2.05) is 6.20 Å². The minimum Gasteiger partial charge on any atom is -0.381 e. The summed E-state index contributed by atoms with van der Waals surface area (Å²) in [5, 5.41) is 4.72. The topological polar surface area (TPSA) is 27.8 Å². The fourth-order valence-electron chi connectivity index (χ4n) is 2.39. The number of aromatic amines is 1. The molecule has 0 spiro atoms. The summed E-state index contributed by atoms with van der Waals surface area (Å²) in [6, 6.07) is 17.3. The van der Waals surface area contributed by atoms with Gasteiger partial charge < -0.3 is 10.3 Å². The molecule has 0 aliphatic carbocycles. The van der Waals surface area contributed by atoms with Gasteiger partial charge in [-0.25, -0.2) is 0 Å². The summed E-state index contributed by atoms with van der Waals surface area (Å²) < 4.78 is 0. The molecule has 1 aromatic heterocycles. The summed E-state index contributed by atoms with van der Waals surface area (Å²) in [6.45, 7) is 5.30. The van der Waals surface area contributed by atoms with Crippen LogP contribution in [0.25, 0.3) is 10.9 Å². The zero-order valence-corrected chi connectivity index (χ0v) is 12.0. The second-order valence-corrected chi connectivity index (χ2v) is 5.53. The number of hydrogen-bond acceptors (Lipinski definition) is 1. The summed E-state index contributed by atoms with van der Waals surface area (Å²) in [4.78, 5) is 3.21. The van der Waals surface area contributed by atoms with Crippen LogP contribution >= 0.6 is 0 Å². The summed E-state index contributed by atoms with van der Waals surface area (Å²) in [5.74, 6) is 0.591. The van der Waals surface area contributed by atoms with Gasteiger partial charge in [-0.2, -0.15) is 0 Å². The third-order valence-corrected chi connectivity index (χ3v) is 3.70. The molecular formula is C18H20N2. The Labute approximate surface area is 119 Å². The molecule has 2 N–H and O–H groups in total. The van der Waals surface area contributed by atoms with Crippen molar-refractivity contribution in [3.63, 3.8) is 0 Å². The maximum Gasteiger partial charge on any atom is 0.0455 e. The van der Waals surface area contributed by atoms with Crippen LogP contribution in [0.3, 0.4) is 0 Å². The van der Waals surface area contributed by atoms with E-state index in [9.17, 15) is 0 Å². The van der Waals surface area contributed by atoms with E-state index >= 15 is 0 Å². The third-order valence-electron chi connectivity index (χ3n) is 3.70. The summed E-state index contributed by atoms with van der Waals surface area (Å²) >= 11 is 0. The van der Waals surface area contributed by atoms with Crippen molar-refractivity contribution in [3.8, 4) is 0 Å². The van der Waals surface area contributed by atoms with E-state index < -0.39 is 0 Å². The van der Waals surface area contributed by atoms with E-state index in [4.69, 9.17) is 0 Å². The van der Waals surface area contributed by atoms with E-state index in [0.717, 1.165) is 12.2 Å². The number of anilines is 1. The SMILES string of the molecule is CC(C)c1ccc(CNc2ccc3[nH]ccc3c2)cc1. The second kappa shape index (κ2) is 5.41. The molecule has 0 aliphatic heterocycles. The highest BCUT2D eigenvalue weighted by Gasteiger charge is 2.00. The quantitative estimate of drug-likeness (QED) is 0.689. The number of hydrogen-bond donors (Lipinski definition) is 2. The first kappa shape index (κ1) is 12.8. The fraction of sp³-hybridized carbons (Fsp3) is 0.222. The van der Waals surface area contributed by atoms with Gasteiger partial charge in [0.2, 0.25) is 0 Å². The lowest BCUT2D eigenvalue weighted by Gasteiger charge is -2.09. The van der Waals surface area contributed by atoms with Gasteiger partial charge in [-0.1, -0.05) is 38.1 Å². The van der Waals surface area contributed by atoms with Gasteiger partial charge >= 0.3 is 0 Å². The number of H-pyrrole nitrogens is 1. The summed E-state index contributed by atoms with van der Waals surface area (Å²) in [6.07, 6.45) is 1.97. The fourth-order valence-corrected chi connectivity index (χ4v) is 2.39. The van der Waals surface area contributed by atoms with Crippen molar-refractivity contribution in [2.75, 3.05) is 5.32 Å². The minimum atomic E-state index is 0.591. The number of nitrogens with one attached hydrogen (secondary N) is 2. The van der Waals surface area contributed by atoms with Crippen molar-refractivity contribution in [2.24, 2.45) is 0 Å². The molecule has 1 heterocycles. The van der Waals surface area contributed by atoms with Gasteiger partial charge in [-0.05, 0) is 41.3 Å². The van der Waals surface area contributed by atoms with Gasteiger partial charge in [0, 0.05) is 29.3 Å². The molecule has 102 valence electrons. The Balaban J connectivity index is 1.69. The summed E-state index contributed by atoms with van der Waals surface area (Å²) in [5.41, 5.74) is 5.04. The monoisotopic (exact) mass is 264 g/mol. The van der Waals surface area contributed by atoms with Crippen LogP contribution in [-0.2, 0) is 6.54 Å². The van der Waals surface area contributed by atoms with Crippen molar-refractivity contribution in [1.29, 1.82) is 0 Å². The Morgan fingerprint density at radius 1 is 1.00 bits per heavy atom. The Kier molecular flexibility index (Phi) is 3.46. The van der Waals surface area contributed by atoms with Crippen molar-refractivity contribution in [1.82, 2.24) is 4.98 Å².